The minimum Gasteiger partial charge on any atom is -0.493 e. The Morgan fingerprint density at radius 3 is 2.73 bits per heavy atom. The molecule has 1 saturated heterocycles. The predicted molar refractivity (Wildman–Crippen MR) is 115 cm³/mol. The molecule has 0 aromatic carbocycles. The normalized spacial score (nSPS) is 25.1. The molecule has 8 nitrogen and oxygen atoms in total. The van der Waals surface area contributed by atoms with E-state index in [4.69, 9.17) is 4.74 Å². The summed E-state index contributed by atoms with van der Waals surface area (Å²) in [6.07, 6.45) is 9.69. The smallest absolute Gasteiger partial charge is 0.303 e. The van der Waals surface area contributed by atoms with Crippen molar-refractivity contribution in [3.05, 3.63) is 29.5 Å². The van der Waals surface area contributed by atoms with Crippen molar-refractivity contribution in [2.75, 3.05) is 24.4 Å². The first-order valence-electron chi connectivity index (χ1n) is 10.9. The molecular weight excluding hydrogens is 402 g/mol. The molecule has 2 aromatic heterocycles. The molecule has 3 aliphatic rings. The van der Waals surface area contributed by atoms with E-state index in [0.29, 0.717) is 43.1 Å². The Hall–Kier alpha value is -2.13. The summed E-state index contributed by atoms with van der Waals surface area (Å²) in [7, 11) is -3.58. The second-order valence-electron chi connectivity index (χ2n) is 8.86. The van der Waals surface area contributed by atoms with E-state index in [0.717, 1.165) is 43.4 Å². The number of fused-ring (bicyclic) bond motifs is 1. The van der Waals surface area contributed by atoms with Gasteiger partial charge in [0, 0.05) is 30.9 Å². The van der Waals surface area contributed by atoms with Crippen molar-refractivity contribution < 1.29 is 13.2 Å². The molecule has 1 saturated carbocycles. The summed E-state index contributed by atoms with van der Waals surface area (Å²) in [6.45, 7) is 6.26. The van der Waals surface area contributed by atoms with Crippen LogP contribution in [-0.2, 0) is 10.2 Å². The van der Waals surface area contributed by atoms with Crippen LogP contribution in [0.4, 0.5) is 5.95 Å². The second kappa shape index (κ2) is 7.53. The second-order valence-corrected chi connectivity index (χ2v) is 10.5. The number of hydrogen-bond donors (Lipinski definition) is 1. The third-order valence-corrected chi connectivity index (χ3v) is 8.30. The van der Waals surface area contributed by atoms with E-state index in [1.165, 1.54) is 9.88 Å². The first-order valence-corrected chi connectivity index (χ1v) is 12.3. The first-order chi connectivity index (χ1) is 14.4. The molecule has 2 atom stereocenters. The maximum absolute atomic E-state index is 12.5. The van der Waals surface area contributed by atoms with Crippen LogP contribution in [0.25, 0.3) is 5.65 Å². The van der Waals surface area contributed by atoms with E-state index in [2.05, 4.69) is 34.8 Å². The quantitative estimate of drug-likeness (QED) is 0.679. The van der Waals surface area contributed by atoms with Crippen LogP contribution in [-0.4, -0.2) is 47.0 Å². The van der Waals surface area contributed by atoms with Gasteiger partial charge in [0.15, 0.2) is 5.65 Å². The molecule has 1 N–H and O–H groups in total. The minimum absolute atomic E-state index is 0.229. The lowest BCUT2D eigenvalue weighted by Gasteiger charge is -2.29. The summed E-state index contributed by atoms with van der Waals surface area (Å²) < 4.78 is 37.0. The van der Waals surface area contributed by atoms with Gasteiger partial charge in [-0.2, -0.15) is 12.7 Å². The number of rotatable bonds is 7. The fourth-order valence-corrected chi connectivity index (χ4v) is 5.53. The van der Waals surface area contributed by atoms with Gasteiger partial charge in [-0.15, -0.1) is 10.2 Å². The van der Waals surface area contributed by atoms with Gasteiger partial charge < -0.3 is 4.74 Å². The van der Waals surface area contributed by atoms with Crippen LogP contribution in [0.15, 0.2) is 23.9 Å². The van der Waals surface area contributed by atoms with Crippen LogP contribution in [0, 0.1) is 11.8 Å². The SMILES string of the molecule is CC1=CCC[C@H](COc2cc3nnc(NS(=O)(=O)N4CCC4)n3cc2C2CC2)C1C. The van der Waals surface area contributed by atoms with E-state index in [9.17, 15) is 8.42 Å². The van der Waals surface area contributed by atoms with Crippen molar-refractivity contribution in [3.8, 4) is 5.75 Å². The number of nitrogens with zero attached hydrogens (tertiary/aromatic N) is 4. The number of hydrogen-bond acceptors (Lipinski definition) is 5. The van der Waals surface area contributed by atoms with E-state index in [1.807, 2.05) is 12.3 Å². The van der Waals surface area contributed by atoms with Gasteiger partial charge in [-0.05, 0) is 56.8 Å². The average molecular weight is 432 g/mol. The Morgan fingerprint density at radius 2 is 2.03 bits per heavy atom. The molecule has 2 aliphatic carbocycles. The lowest BCUT2D eigenvalue weighted by molar-refractivity contribution is 0.200. The molecule has 2 aromatic rings. The van der Waals surface area contributed by atoms with Crippen molar-refractivity contribution in [2.24, 2.45) is 11.8 Å². The molecular formula is C21H29N5O3S. The highest BCUT2D eigenvalue weighted by Crippen LogP contribution is 2.45. The van der Waals surface area contributed by atoms with Gasteiger partial charge in [0.05, 0.1) is 6.61 Å². The van der Waals surface area contributed by atoms with Crippen LogP contribution in [0.2, 0.25) is 0 Å². The van der Waals surface area contributed by atoms with Crippen LogP contribution in [0.3, 0.4) is 0 Å². The maximum atomic E-state index is 12.5. The summed E-state index contributed by atoms with van der Waals surface area (Å²) in [5, 5.41) is 8.28. The molecule has 0 bridgehead atoms. The molecule has 1 aliphatic heterocycles. The Morgan fingerprint density at radius 1 is 1.23 bits per heavy atom. The molecule has 9 heteroatoms. The average Bonchev–Trinajstić information content (AvgIpc) is 3.43. The van der Waals surface area contributed by atoms with E-state index in [1.54, 1.807) is 4.40 Å². The molecule has 1 unspecified atom stereocenters. The monoisotopic (exact) mass is 431 g/mol. The van der Waals surface area contributed by atoms with Gasteiger partial charge in [-0.1, -0.05) is 18.6 Å². The summed E-state index contributed by atoms with van der Waals surface area (Å²) >= 11 is 0. The van der Waals surface area contributed by atoms with Gasteiger partial charge >= 0.3 is 10.2 Å². The van der Waals surface area contributed by atoms with Crippen molar-refractivity contribution in [1.29, 1.82) is 0 Å². The number of ether oxygens (including phenoxy) is 1. The molecule has 2 fully saturated rings. The number of anilines is 1. The van der Waals surface area contributed by atoms with E-state index < -0.39 is 10.2 Å². The van der Waals surface area contributed by atoms with Crippen molar-refractivity contribution in [1.82, 2.24) is 18.9 Å². The zero-order valence-corrected chi connectivity index (χ0v) is 18.4. The topological polar surface area (TPSA) is 88.8 Å². The lowest BCUT2D eigenvalue weighted by atomic mass is 9.81. The fourth-order valence-electron chi connectivity index (χ4n) is 4.29. The lowest BCUT2D eigenvalue weighted by Crippen LogP contribution is -2.45. The van der Waals surface area contributed by atoms with Gasteiger partial charge in [-0.3, -0.25) is 4.40 Å². The number of aromatic nitrogens is 3. The highest BCUT2D eigenvalue weighted by atomic mass is 32.2. The summed E-state index contributed by atoms with van der Waals surface area (Å²) in [4.78, 5) is 0. The highest BCUT2D eigenvalue weighted by Gasteiger charge is 2.31. The van der Waals surface area contributed by atoms with Crippen molar-refractivity contribution in [3.63, 3.8) is 0 Å². The molecule has 30 heavy (non-hydrogen) atoms. The number of pyridine rings is 1. The maximum Gasteiger partial charge on any atom is 0.303 e. The van der Waals surface area contributed by atoms with Gasteiger partial charge in [0.1, 0.15) is 5.75 Å². The summed E-state index contributed by atoms with van der Waals surface area (Å²) in [6, 6.07) is 1.90. The predicted octanol–water partition coefficient (Wildman–Crippen LogP) is 3.34. The van der Waals surface area contributed by atoms with Crippen LogP contribution in [0.5, 0.6) is 5.75 Å². The van der Waals surface area contributed by atoms with Crippen LogP contribution < -0.4 is 9.46 Å². The molecule has 3 heterocycles. The Kier molecular flexibility index (Phi) is 4.97. The third-order valence-electron chi connectivity index (χ3n) is 6.81. The third kappa shape index (κ3) is 3.69. The van der Waals surface area contributed by atoms with Crippen LogP contribution in [0.1, 0.15) is 57.4 Å². The molecule has 0 radical (unpaired) electrons. The standard InChI is InChI=1S/C21H29N5O3S/c1-14-5-3-6-17(15(14)2)13-29-19-11-20-22-23-21(24-30(27,28)25-9-4-10-25)26(20)12-18(19)16-7-8-16/h5,11-12,15-17H,3-4,6-10,13H2,1-2H3,(H,23,24)/t15?,17-/m1/s1. The Balaban J connectivity index is 1.40. The number of nitrogens with one attached hydrogen (secondary N) is 1. The van der Waals surface area contributed by atoms with E-state index in [-0.39, 0.29) is 5.95 Å². The fraction of sp³-hybridized carbons (Fsp3) is 0.619. The van der Waals surface area contributed by atoms with Gasteiger partial charge in [0.25, 0.3) is 0 Å². The Bertz CT molecular complexity index is 1090. The number of allylic oxidation sites excluding steroid dienone is 2. The Labute approximate surface area is 177 Å². The molecule has 162 valence electrons. The summed E-state index contributed by atoms with van der Waals surface area (Å²) in [5.41, 5.74) is 3.15. The molecule has 0 amide bonds. The van der Waals surface area contributed by atoms with E-state index >= 15 is 0 Å². The zero-order valence-electron chi connectivity index (χ0n) is 17.5. The molecule has 0 spiro atoms. The molecule has 5 rings (SSSR count). The van der Waals surface area contributed by atoms with Crippen molar-refractivity contribution >= 4 is 21.8 Å². The van der Waals surface area contributed by atoms with Crippen LogP contribution >= 0.6 is 0 Å². The van der Waals surface area contributed by atoms with Gasteiger partial charge in [0.2, 0.25) is 5.95 Å². The first kappa shape index (κ1) is 19.8. The summed E-state index contributed by atoms with van der Waals surface area (Å²) in [5.74, 6) is 2.58. The van der Waals surface area contributed by atoms with Gasteiger partial charge in [-0.25, -0.2) is 4.72 Å². The largest absolute Gasteiger partial charge is 0.493 e. The minimum atomic E-state index is -3.58. The zero-order chi connectivity index (χ0) is 20.9. The highest BCUT2D eigenvalue weighted by molar-refractivity contribution is 7.90. The van der Waals surface area contributed by atoms with Crippen molar-refractivity contribution in [2.45, 2.75) is 51.9 Å².